The zero-order chi connectivity index (χ0) is 23.0. The van der Waals surface area contributed by atoms with Gasteiger partial charge in [0.1, 0.15) is 29.0 Å². The Bertz CT molecular complexity index is 1130. The van der Waals surface area contributed by atoms with Crippen molar-refractivity contribution < 1.29 is 9.13 Å². The molecule has 0 saturated heterocycles. The van der Waals surface area contributed by atoms with Crippen LogP contribution in [0.5, 0.6) is 0 Å². The Kier molecular flexibility index (Phi) is 6.83. The second-order valence-electron chi connectivity index (χ2n) is 8.77. The molecule has 0 fully saturated rings. The van der Waals surface area contributed by atoms with Crippen LogP contribution in [0.3, 0.4) is 0 Å². The van der Waals surface area contributed by atoms with E-state index in [0.717, 1.165) is 17.3 Å². The van der Waals surface area contributed by atoms with Gasteiger partial charge in [-0.05, 0) is 40.2 Å². The van der Waals surface area contributed by atoms with Gasteiger partial charge in [-0.3, -0.25) is 0 Å². The van der Waals surface area contributed by atoms with E-state index >= 15 is 0 Å². The molecule has 0 spiro atoms. The Labute approximate surface area is 205 Å². The quantitative estimate of drug-likeness (QED) is 0.194. The molecular weight excluding hydrogens is 536 g/mol. The van der Waals surface area contributed by atoms with Crippen LogP contribution in [0.25, 0.3) is 11.3 Å². The number of anilines is 2. The first-order chi connectivity index (χ1) is 15.1. The van der Waals surface area contributed by atoms with Gasteiger partial charge in [-0.15, -0.1) is 0 Å². The number of fused-ring (bicyclic) bond motifs is 3. The molecule has 2 N–H and O–H groups in total. The van der Waals surface area contributed by atoms with Crippen LogP contribution < -0.4 is 10.6 Å². The summed E-state index contributed by atoms with van der Waals surface area (Å²) in [4.78, 5) is 4.33. The highest BCUT2D eigenvalue weighted by molar-refractivity contribution is 9.10. The number of aromatic nitrogens is 3. The maximum absolute atomic E-state index is 14.7. The zero-order valence-corrected chi connectivity index (χ0v) is 21.9. The van der Waals surface area contributed by atoms with Crippen molar-refractivity contribution in [3.05, 3.63) is 56.6 Å². The lowest BCUT2D eigenvalue weighted by Gasteiger charge is -2.22. The van der Waals surface area contributed by atoms with Crippen LogP contribution >= 0.6 is 39.1 Å². The van der Waals surface area contributed by atoms with Gasteiger partial charge in [-0.1, -0.05) is 48.9 Å². The van der Waals surface area contributed by atoms with Crippen LogP contribution in [-0.4, -0.2) is 29.4 Å². The van der Waals surface area contributed by atoms with Crippen molar-refractivity contribution in [2.24, 2.45) is 0 Å². The number of ether oxygens (including phenoxy) is 1. The van der Waals surface area contributed by atoms with Crippen LogP contribution in [0.4, 0.5) is 15.8 Å². The summed E-state index contributed by atoms with van der Waals surface area (Å²) < 4.78 is 23.0. The highest BCUT2D eigenvalue weighted by Crippen LogP contribution is 2.44. The van der Waals surface area contributed by atoms with E-state index in [9.17, 15) is 4.39 Å². The molecule has 0 bridgehead atoms. The first-order valence-corrected chi connectivity index (χ1v) is 15.4. The molecule has 1 atom stereocenters. The predicted octanol–water partition coefficient (Wildman–Crippen LogP) is 7.00. The fourth-order valence-corrected chi connectivity index (χ4v) is 5.06. The number of pyridine rings is 1. The van der Waals surface area contributed by atoms with E-state index in [4.69, 9.17) is 27.9 Å². The summed E-state index contributed by atoms with van der Waals surface area (Å²) in [6.45, 7) is 7.80. The van der Waals surface area contributed by atoms with Crippen LogP contribution in [0.15, 0.2) is 35.1 Å². The maximum Gasteiger partial charge on any atom is 0.175 e. The number of hydrogen-bond acceptors (Lipinski definition) is 5. The Morgan fingerprint density at radius 1 is 1.25 bits per heavy atom. The Morgan fingerprint density at radius 3 is 2.75 bits per heavy atom. The first-order valence-electron chi connectivity index (χ1n) is 10.1. The number of benzene rings is 1. The van der Waals surface area contributed by atoms with Crippen molar-refractivity contribution in [3.63, 3.8) is 0 Å². The Balaban J connectivity index is 1.75. The van der Waals surface area contributed by atoms with Gasteiger partial charge in [0, 0.05) is 25.8 Å². The zero-order valence-electron chi connectivity index (χ0n) is 17.8. The number of nitrogens with zero attached hydrogens (tertiary/aromatic N) is 3. The highest BCUT2D eigenvalue weighted by atomic mass is 79.9. The van der Waals surface area contributed by atoms with Gasteiger partial charge in [-0.2, -0.15) is 5.10 Å². The summed E-state index contributed by atoms with van der Waals surface area (Å²) in [5, 5.41) is 11.6. The number of nitrogens with one attached hydrogen (secondary N) is 2. The molecule has 1 aromatic carbocycles. The molecule has 32 heavy (non-hydrogen) atoms. The minimum Gasteiger partial charge on any atom is -0.360 e. The molecule has 3 heterocycles. The fourth-order valence-electron chi connectivity index (χ4n) is 3.46. The molecule has 1 aliphatic heterocycles. The Hall–Kier alpha value is -1.65. The third-order valence-electron chi connectivity index (χ3n) is 5.12. The third-order valence-corrected chi connectivity index (χ3v) is 7.85. The minimum absolute atomic E-state index is 0.242. The third kappa shape index (κ3) is 4.96. The topological polar surface area (TPSA) is 64.0 Å². The number of halogens is 4. The first kappa shape index (κ1) is 23.5. The summed E-state index contributed by atoms with van der Waals surface area (Å²) in [5.74, 6) is -0.434. The van der Waals surface area contributed by atoms with Gasteiger partial charge in [0.05, 0.1) is 22.6 Å². The predicted molar refractivity (Wildman–Crippen MR) is 134 cm³/mol. The van der Waals surface area contributed by atoms with Crippen LogP contribution in [0, 0.1) is 5.82 Å². The molecule has 0 saturated carbocycles. The van der Waals surface area contributed by atoms with Gasteiger partial charge in [0.2, 0.25) is 0 Å². The van der Waals surface area contributed by atoms with Crippen molar-refractivity contribution in [1.29, 1.82) is 0 Å². The molecular formula is C21H23BrCl2FN5OSi. The number of rotatable bonds is 6. The maximum atomic E-state index is 14.7. The molecule has 0 aliphatic carbocycles. The Morgan fingerprint density at radius 2 is 2.03 bits per heavy atom. The monoisotopic (exact) mass is 557 g/mol. The second-order valence-corrected chi connectivity index (χ2v) is 16.0. The summed E-state index contributed by atoms with van der Waals surface area (Å²) in [6, 6.07) is 7.50. The van der Waals surface area contributed by atoms with Crippen LogP contribution in [0.1, 0.15) is 11.7 Å². The van der Waals surface area contributed by atoms with Gasteiger partial charge >= 0.3 is 0 Å². The number of hydrogen-bond donors (Lipinski definition) is 2. The van der Waals surface area contributed by atoms with E-state index in [1.54, 1.807) is 23.0 Å². The van der Waals surface area contributed by atoms with E-state index in [1.165, 1.54) is 6.07 Å². The lowest BCUT2D eigenvalue weighted by molar-refractivity contribution is 0.0798. The van der Waals surface area contributed by atoms with Crippen molar-refractivity contribution in [2.45, 2.75) is 38.6 Å². The molecule has 6 nitrogen and oxygen atoms in total. The average molecular weight is 559 g/mol. The highest BCUT2D eigenvalue weighted by Gasteiger charge is 2.30. The SMILES string of the molecule is C[Si](C)(C)CCOCn1nc(Cl)c2c1-c1cc(Br)ncc1NC(c1c(F)cccc1Cl)N2. The second kappa shape index (κ2) is 9.30. The van der Waals surface area contributed by atoms with Gasteiger partial charge in [0.15, 0.2) is 5.15 Å². The minimum atomic E-state index is -1.21. The van der Waals surface area contributed by atoms with Gasteiger partial charge < -0.3 is 15.4 Å². The summed E-state index contributed by atoms with van der Waals surface area (Å²) >= 11 is 16.3. The normalized spacial score (nSPS) is 15.4. The van der Waals surface area contributed by atoms with E-state index in [-0.39, 0.29) is 17.4 Å². The van der Waals surface area contributed by atoms with Crippen LogP contribution in [0.2, 0.25) is 35.9 Å². The van der Waals surface area contributed by atoms with Crippen molar-refractivity contribution in [3.8, 4) is 11.3 Å². The smallest absolute Gasteiger partial charge is 0.175 e. The summed E-state index contributed by atoms with van der Waals surface area (Å²) in [7, 11) is -1.21. The summed E-state index contributed by atoms with van der Waals surface area (Å²) in [6.07, 6.45) is 0.990. The van der Waals surface area contributed by atoms with E-state index < -0.39 is 20.1 Å². The standard InChI is InChI=1S/C21H23BrCl2FN5OSi/c1-32(2,3)8-7-31-11-30-19-12-9-16(22)26-10-15(12)27-21(28-18(19)20(24)29-30)17-13(23)5-4-6-14(17)25/h4-6,9-10,21,27-28H,7-8,11H2,1-3H3. The van der Waals surface area contributed by atoms with Gasteiger partial charge in [-0.25, -0.2) is 14.1 Å². The molecule has 1 aliphatic rings. The average Bonchev–Trinajstić information content (AvgIpc) is 2.90. The molecule has 0 radical (unpaired) electrons. The lowest BCUT2D eigenvalue weighted by Crippen LogP contribution is -2.22. The fraction of sp³-hybridized carbons (Fsp3) is 0.333. The van der Waals surface area contributed by atoms with Crippen molar-refractivity contribution in [1.82, 2.24) is 14.8 Å². The largest absolute Gasteiger partial charge is 0.360 e. The molecule has 170 valence electrons. The molecule has 1 unspecified atom stereocenters. The molecule has 2 aromatic heterocycles. The van der Waals surface area contributed by atoms with E-state index in [1.807, 2.05) is 6.07 Å². The van der Waals surface area contributed by atoms with Crippen molar-refractivity contribution >= 4 is 58.6 Å². The molecule has 4 rings (SSSR count). The van der Waals surface area contributed by atoms with E-state index in [0.29, 0.717) is 27.6 Å². The molecule has 3 aromatic rings. The van der Waals surface area contributed by atoms with E-state index in [2.05, 4.69) is 56.3 Å². The molecule has 11 heteroatoms. The van der Waals surface area contributed by atoms with Crippen LogP contribution in [-0.2, 0) is 11.5 Å². The molecule has 0 amide bonds. The van der Waals surface area contributed by atoms with Crippen molar-refractivity contribution in [2.75, 3.05) is 17.2 Å². The summed E-state index contributed by atoms with van der Waals surface area (Å²) in [5.41, 5.74) is 3.06. The van der Waals surface area contributed by atoms with Gasteiger partial charge in [0.25, 0.3) is 0 Å². The lowest BCUT2D eigenvalue weighted by atomic mass is 10.1.